The monoisotopic (exact) mass is 328 g/mol. The van der Waals surface area contributed by atoms with E-state index in [9.17, 15) is 20.0 Å². The van der Waals surface area contributed by atoms with Gasteiger partial charge in [0.25, 0.3) is 11.6 Å². The van der Waals surface area contributed by atoms with Crippen LogP contribution in [0.15, 0.2) is 47.6 Å². The van der Waals surface area contributed by atoms with E-state index < -0.39 is 10.8 Å². The van der Waals surface area contributed by atoms with Gasteiger partial charge in [0.05, 0.1) is 16.7 Å². The summed E-state index contributed by atoms with van der Waals surface area (Å²) in [5.74, 6) is -1.10. The van der Waals surface area contributed by atoms with Crippen molar-refractivity contribution in [1.29, 1.82) is 0 Å². The first-order chi connectivity index (χ1) is 11.4. The van der Waals surface area contributed by atoms with E-state index in [1.807, 2.05) is 43.3 Å². The van der Waals surface area contributed by atoms with Crippen molar-refractivity contribution in [3.8, 4) is 5.75 Å². The zero-order valence-corrected chi connectivity index (χ0v) is 13.1. The third-order valence-corrected chi connectivity index (χ3v) is 3.22. The number of phenols is 1. The highest BCUT2D eigenvalue weighted by molar-refractivity contribution is 5.98. The average molecular weight is 328 g/mol. The molecule has 0 unspecified atom stereocenters. The lowest BCUT2D eigenvalue weighted by Gasteiger charge is -2.11. The number of hydrogen-bond acceptors (Lipinski definition) is 6. The number of anilines is 1. The summed E-state index contributed by atoms with van der Waals surface area (Å²) in [4.78, 5) is 24.0. The molecule has 8 heteroatoms. The minimum Gasteiger partial charge on any atom is -0.507 e. The normalized spacial score (nSPS) is 10.6. The molecule has 2 rings (SSSR count). The van der Waals surface area contributed by atoms with E-state index >= 15 is 0 Å². The molecule has 2 N–H and O–H groups in total. The largest absolute Gasteiger partial charge is 0.507 e. The van der Waals surface area contributed by atoms with Crippen LogP contribution in [0.1, 0.15) is 15.9 Å². The van der Waals surface area contributed by atoms with Crippen LogP contribution < -0.4 is 10.3 Å². The fourth-order valence-corrected chi connectivity index (χ4v) is 1.90. The second-order valence-electron chi connectivity index (χ2n) is 5.14. The lowest BCUT2D eigenvalue weighted by atomic mass is 10.1. The van der Waals surface area contributed by atoms with Crippen LogP contribution in [0.25, 0.3) is 0 Å². The van der Waals surface area contributed by atoms with Crippen LogP contribution in [-0.4, -0.2) is 36.2 Å². The van der Waals surface area contributed by atoms with E-state index in [0.29, 0.717) is 0 Å². The Kier molecular flexibility index (Phi) is 5.10. The Morgan fingerprint density at radius 3 is 2.50 bits per heavy atom. The van der Waals surface area contributed by atoms with Crippen LogP contribution in [0.5, 0.6) is 5.75 Å². The van der Waals surface area contributed by atoms with Crippen LogP contribution >= 0.6 is 0 Å². The van der Waals surface area contributed by atoms with Crippen molar-refractivity contribution >= 4 is 23.5 Å². The molecule has 2 aromatic carbocycles. The molecule has 0 spiro atoms. The SMILES string of the molecule is CN(C)c1ccc(/C=N\NC(=O)c2cc([N+](=O)[O-])ccc2O)cc1. The van der Waals surface area contributed by atoms with Gasteiger partial charge in [0, 0.05) is 31.9 Å². The second kappa shape index (κ2) is 7.23. The van der Waals surface area contributed by atoms with E-state index in [2.05, 4.69) is 10.5 Å². The van der Waals surface area contributed by atoms with Gasteiger partial charge < -0.3 is 10.0 Å². The first-order valence-corrected chi connectivity index (χ1v) is 6.96. The van der Waals surface area contributed by atoms with Crippen molar-refractivity contribution in [2.45, 2.75) is 0 Å². The van der Waals surface area contributed by atoms with Crippen molar-refractivity contribution in [3.63, 3.8) is 0 Å². The van der Waals surface area contributed by atoms with Crippen LogP contribution in [0.3, 0.4) is 0 Å². The number of carbonyl (C=O) groups is 1. The molecule has 0 aromatic heterocycles. The molecule has 0 aliphatic carbocycles. The lowest BCUT2D eigenvalue weighted by molar-refractivity contribution is -0.384. The molecule has 0 saturated carbocycles. The summed E-state index contributed by atoms with van der Waals surface area (Å²) in [6.45, 7) is 0. The van der Waals surface area contributed by atoms with Gasteiger partial charge in [-0.05, 0) is 23.8 Å². The number of rotatable bonds is 5. The molecule has 0 saturated heterocycles. The third-order valence-electron chi connectivity index (χ3n) is 3.22. The van der Waals surface area contributed by atoms with E-state index in [1.165, 1.54) is 6.21 Å². The Hall–Kier alpha value is -3.42. The van der Waals surface area contributed by atoms with Gasteiger partial charge in [-0.2, -0.15) is 5.10 Å². The highest BCUT2D eigenvalue weighted by atomic mass is 16.6. The summed E-state index contributed by atoms with van der Waals surface area (Å²) in [6, 6.07) is 10.7. The predicted octanol–water partition coefficient (Wildman–Crippen LogP) is 2.13. The Labute approximate surface area is 138 Å². The number of phenolic OH excluding ortho intramolecular Hbond substituents is 1. The van der Waals surface area contributed by atoms with Crippen molar-refractivity contribution in [1.82, 2.24) is 5.43 Å². The summed E-state index contributed by atoms with van der Waals surface area (Å²) in [7, 11) is 3.85. The van der Waals surface area contributed by atoms with Gasteiger partial charge in [0.1, 0.15) is 5.75 Å². The van der Waals surface area contributed by atoms with Gasteiger partial charge in [-0.25, -0.2) is 5.43 Å². The molecule has 0 aliphatic heterocycles. The molecule has 124 valence electrons. The molecule has 2 aromatic rings. The van der Waals surface area contributed by atoms with Gasteiger partial charge in [0.15, 0.2) is 0 Å². The predicted molar refractivity (Wildman–Crippen MR) is 90.6 cm³/mol. The van der Waals surface area contributed by atoms with E-state index in [1.54, 1.807) is 0 Å². The van der Waals surface area contributed by atoms with E-state index in [-0.39, 0.29) is 17.0 Å². The minimum absolute atomic E-state index is 0.218. The molecule has 0 radical (unpaired) electrons. The van der Waals surface area contributed by atoms with Gasteiger partial charge in [-0.3, -0.25) is 14.9 Å². The Morgan fingerprint density at radius 2 is 1.92 bits per heavy atom. The molecule has 8 nitrogen and oxygen atoms in total. The van der Waals surface area contributed by atoms with Crippen molar-refractivity contribution in [2.75, 3.05) is 19.0 Å². The smallest absolute Gasteiger partial charge is 0.275 e. The Morgan fingerprint density at radius 1 is 1.25 bits per heavy atom. The van der Waals surface area contributed by atoms with E-state index in [4.69, 9.17) is 0 Å². The van der Waals surface area contributed by atoms with Crippen molar-refractivity contribution in [2.24, 2.45) is 5.10 Å². The summed E-state index contributed by atoms with van der Waals surface area (Å²) in [5.41, 5.74) is 3.51. The maximum Gasteiger partial charge on any atom is 0.275 e. The van der Waals surface area contributed by atoms with Crippen molar-refractivity contribution in [3.05, 3.63) is 63.7 Å². The summed E-state index contributed by atoms with van der Waals surface area (Å²) < 4.78 is 0. The summed E-state index contributed by atoms with van der Waals surface area (Å²) in [5, 5.41) is 24.2. The molecular weight excluding hydrogens is 312 g/mol. The zero-order valence-electron chi connectivity index (χ0n) is 13.1. The first kappa shape index (κ1) is 16.9. The molecular formula is C16H16N4O4. The Balaban J connectivity index is 2.07. The second-order valence-corrected chi connectivity index (χ2v) is 5.14. The fourth-order valence-electron chi connectivity index (χ4n) is 1.90. The number of hydrazone groups is 1. The van der Waals surface area contributed by atoms with Crippen LogP contribution in [0.2, 0.25) is 0 Å². The number of nitro benzene ring substituents is 1. The number of aromatic hydroxyl groups is 1. The first-order valence-electron chi connectivity index (χ1n) is 6.96. The fraction of sp³-hybridized carbons (Fsp3) is 0.125. The lowest BCUT2D eigenvalue weighted by Crippen LogP contribution is -2.18. The van der Waals surface area contributed by atoms with Crippen LogP contribution in [-0.2, 0) is 0 Å². The number of nitro groups is 1. The summed E-state index contributed by atoms with van der Waals surface area (Å²) in [6.07, 6.45) is 1.44. The van der Waals surface area contributed by atoms with Gasteiger partial charge in [0.2, 0.25) is 0 Å². The molecule has 1 amide bonds. The van der Waals surface area contributed by atoms with E-state index in [0.717, 1.165) is 29.4 Å². The van der Waals surface area contributed by atoms with Gasteiger partial charge in [-0.15, -0.1) is 0 Å². The zero-order chi connectivity index (χ0) is 17.7. The maximum absolute atomic E-state index is 12.0. The molecule has 0 fully saturated rings. The number of nitrogens with zero attached hydrogens (tertiary/aromatic N) is 3. The number of hydrogen-bond donors (Lipinski definition) is 2. The number of non-ortho nitro benzene ring substituents is 1. The molecule has 0 aliphatic rings. The quantitative estimate of drug-likeness (QED) is 0.496. The molecule has 0 bridgehead atoms. The maximum atomic E-state index is 12.0. The van der Waals surface area contributed by atoms with Gasteiger partial charge >= 0.3 is 0 Å². The number of benzene rings is 2. The van der Waals surface area contributed by atoms with Crippen molar-refractivity contribution < 1.29 is 14.8 Å². The highest BCUT2D eigenvalue weighted by Crippen LogP contribution is 2.22. The van der Waals surface area contributed by atoms with Gasteiger partial charge in [-0.1, -0.05) is 12.1 Å². The third kappa shape index (κ3) is 4.07. The standard InChI is InChI=1S/C16H16N4O4/c1-19(2)12-5-3-11(4-6-12)10-17-18-16(22)14-9-13(20(23)24)7-8-15(14)21/h3-10,21H,1-2H3,(H,18,22)/b17-10-. The molecule has 24 heavy (non-hydrogen) atoms. The number of amides is 1. The average Bonchev–Trinajstić information content (AvgIpc) is 2.55. The topological polar surface area (TPSA) is 108 Å². The minimum atomic E-state index is -0.739. The molecule has 0 atom stereocenters. The van der Waals surface area contributed by atoms with Crippen LogP contribution in [0, 0.1) is 10.1 Å². The molecule has 0 heterocycles. The number of carbonyl (C=O) groups excluding carboxylic acids is 1. The highest BCUT2D eigenvalue weighted by Gasteiger charge is 2.15. The number of nitrogens with one attached hydrogen (secondary N) is 1. The van der Waals surface area contributed by atoms with Crippen LogP contribution in [0.4, 0.5) is 11.4 Å². The summed E-state index contributed by atoms with van der Waals surface area (Å²) >= 11 is 0. The Bertz CT molecular complexity index is 785.